The zero-order chi connectivity index (χ0) is 14.5. The van der Waals surface area contributed by atoms with Gasteiger partial charge in [0.25, 0.3) is 0 Å². The summed E-state index contributed by atoms with van der Waals surface area (Å²) in [5, 5.41) is 0.524. The maximum absolute atomic E-state index is 12.5. The van der Waals surface area contributed by atoms with Crippen molar-refractivity contribution in [1.82, 2.24) is 0 Å². The van der Waals surface area contributed by atoms with E-state index in [1.807, 2.05) is 6.07 Å². The topological polar surface area (TPSA) is 52.6 Å². The lowest BCUT2D eigenvalue weighted by Gasteiger charge is -2.11. The van der Waals surface area contributed by atoms with Crippen LogP contribution in [-0.4, -0.2) is 19.7 Å². The molecule has 4 nitrogen and oxygen atoms in total. The Morgan fingerprint density at radius 2 is 1.45 bits per heavy atom. The summed E-state index contributed by atoms with van der Waals surface area (Å²) in [7, 11) is 0.317. The minimum atomic E-state index is -2.61. The molecule has 0 aliphatic carbocycles. The Hall–Kier alpha value is -2.06. The van der Waals surface area contributed by atoms with E-state index in [0.29, 0.717) is 16.8 Å². The summed E-state index contributed by atoms with van der Waals surface area (Å²) in [5.41, 5.74) is -0.235. The Kier molecular flexibility index (Phi) is 4.59. The van der Waals surface area contributed by atoms with E-state index in [-0.39, 0.29) is 5.56 Å². The van der Waals surface area contributed by atoms with E-state index in [4.69, 9.17) is 9.47 Å². The molecule has 0 spiro atoms. The standard InChI is InChI=1S/C15H15O4P/c1-18-12-9-6-10-13(19-2)14(12)15(16)20(17)11-7-4-3-5-8-11/h3-10,20H,1-2H3. The third-order valence-corrected chi connectivity index (χ3v) is 4.42. The second-order valence-electron chi connectivity index (χ2n) is 4.06. The summed E-state index contributed by atoms with van der Waals surface area (Å²) >= 11 is 0. The van der Waals surface area contributed by atoms with Crippen LogP contribution in [0, 0.1) is 0 Å². The number of methoxy groups -OCH3 is 2. The van der Waals surface area contributed by atoms with Crippen LogP contribution in [0.3, 0.4) is 0 Å². The van der Waals surface area contributed by atoms with E-state index in [1.54, 1.807) is 42.5 Å². The number of ether oxygens (including phenoxy) is 2. The number of hydrogen-bond acceptors (Lipinski definition) is 4. The van der Waals surface area contributed by atoms with Gasteiger partial charge in [-0.1, -0.05) is 36.4 Å². The average Bonchev–Trinajstić information content (AvgIpc) is 2.53. The van der Waals surface area contributed by atoms with E-state index >= 15 is 0 Å². The van der Waals surface area contributed by atoms with Crippen molar-refractivity contribution in [1.29, 1.82) is 0 Å². The summed E-state index contributed by atoms with van der Waals surface area (Å²) in [5.74, 6) is 0.729. The van der Waals surface area contributed by atoms with E-state index in [0.717, 1.165) is 0 Å². The van der Waals surface area contributed by atoms with Crippen molar-refractivity contribution in [3.8, 4) is 11.5 Å². The second-order valence-corrected chi connectivity index (χ2v) is 5.75. The fourth-order valence-electron chi connectivity index (χ4n) is 1.91. The molecule has 1 atom stereocenters. The normalized spacial score (nSPS) is 11.7. The first kappa shape index (κ1) is 14.4. The fraction of sp³-hybridized carbons (Fsp3) is 0.133. The highest BCUT2D eigenvalue weighted by Gasteiger charge is 2.23. The number of carbonyl (C=O) groups is 1. The van der Waals surface area contributed by atoms with Crippen molar-refractivity contribution in [2.24, 2.45) is 0 Å². The van der Waals surface area contributed by atoms with Crippen molar-refractivity contribution in [3.05, 3.63) is 54.1 Å². The van der Waals surface area contributed by atoms with E-state index in [9.17, 15) is 9.36 Å². The maximum Gasteiger partial charge on any atom is 0.230 e. The molecule has 2 aromatic carbocycles. The first-order valence-corrected chi connectivity index (χ1v) is 7.45. The van der Waals surface area contributed by atoms with Crippen LogP contribution < -0.4 is 14.8 Å². The van der Waals surface area contributed by atoms with E-state index in [2.05, 4.69) is 0 Å². The first-order valence-electron chi connectivity index (χ1n) is 6.04. The maximum atomic E-state index is 12.5. The van der Waals surface area contributed by atoms with Crippen molar-refractivity contribution in [3.63, 3.8) is 0 Å². The molecule has 0 aromatic heterocycles. The Morgan fingerprint density at radius 1 is 0.900 bits per heavy atom. The van der Waals surface area contributed by atoms with Crippen LogP contribution in [0.5, 0.6) is 11.5 Å². The lowest BCUT2D eigenvalue weighted by Crippen LogP contribution is -2.07. The molecular weight excluding hydrogens is 275 g/mol. The minimum Gasteiger partial charge on any atom is -0.496 e. The molecule has 0 N–H and O–H groups in total. The van der Waals surface area contributed by atoms with Gasteiger partial charge in [-0.3, -0.25) is 4.79 Å². The molecular formula is C15H15O4P. The van der Waals surface area contributed by atoms with Crippen LogP contribution in [0.1, 0.15) is 10.4 Å². The molecule has 2 rings (SSSR count). The molecule has 0 amide bonds. The quantitative estimate of drug-likeness (QED) is 0.794. The number of benzene rings is 2. The highest BCUT2D eigenvalue weighted by atomic mass is 31.1. The van der Waals surface area contributed by atoms with Gasteiger partial charge in [-0.2, -0.15) is 0 Å². The molecule has 0 aliphatic rings. The van der Waals surface area contributed by atoms with Crippen LogP contribution in [0.25, 0.3) is 0 Å². The molecule has 0 bridgehead atoms. The third kappa shape index (κ3) is 2.75. The van der Waals surface area contributed by atoms with Gasteiger partial charge in [-0.05, 0) is 12.1 Å². The molecule has 0 saturated heterocycles. The van der Waals surface area contributed by atoms with Gasteiger partial charge in [0.05, 0.1) is 14.2 Å². The number of rotatable bonds is 5. The van der Waals surface area contributed by atoms with E-state index in [1.165, 1.54) is 14.2 Å². The van der Waals surface area contributed by atoms with Crippen molar-refractivity contribution in [2.75, 3.05) is 14.2 Å². The van der Waals surface area contributed by atoms with Crippen molar-refractivity contribution < 1.29 is 18.8 Å². The Labute approximate surface area is 118 Å². The third-order valence-electron chi connectivity index (χ3n) is 2.90. The van der Waals surface area contributed by atoms with Crippen LogP contribution in [0.4, 0.5) is 0 Å². The SMILES string of the molecule is COc1cccc(OC)c1C(=O)[PH](=O)c1ccccc1. The average molecular weight is 290 g/mol. The van der Waals surface area contributed by atoms with Gasteiger partial charge in [0.15, 0.2) is 7.80 Å². The van der Waals surface area contributed by atoms with Gasteiger partial charge in [0.1, 0.15) is 17.1 Å². The van der Waals surface area contributed by atoms with E-state index < -0.39 is 13.3 Å². The molecule has 0 heterocycles. The Bertz CT molecular complexity index is 615. The summed E-state index contributed by atoms with van der Waals surface area (Å²) in [6.07, 6.45) is 0. The van der Waals surface area contributed by atoms with Gasteiger partial charge < -0.3 is 14.0 Å². The summed E-state index contributed by atoms with van der Waals surface area (Å²) in [4.78, 5) is 12.5. The minimum absolute atomic E-state index is 0.227. The van der Waals surface area contributed by atoms with Crippen LogP contribution in [0.2, 0.25) is 0 Å². The molecule has 104 valence electrons. The highest BCUT2D eigenvalue weighted by molar-refractivity contribution is 7.71. The van der Waals surface area contributed by atoms with Gasteiger partial charge in [-0.25, -0.2) is 0 Å². The molecule has 2 aromatic rings. The van der Waals surface area contributed by atoms with Crippen molar-refractivity contribution in [2.45, 2.75) is 0 Å². The Balaban J connectivity index is 2.46. The van der Waals surface area contributed by atoms with Gasteiger partial charge in [0.2, 0.25) is 5.52 Å². The molecule has 0 fully saturated rings. The molecule has 0 saturated carbocycles. The summed E-state index contributed by atoms with van der Waals surface area (Å²) < 4.78 is 22.7. The molecule has 1 unspecified atom stereocenters. The second kappa shape index (κ2) is 6.40. The predicted molar refractivity (Wildman–Crippen MR) is 79.0 cm³/mol. The highest BCUT2D eigenvalue weighted by Crippen LogP contribution is 2.36. The number of carbonyl (C=O) groups excluding carboxylic acids is 1. The van der Waals surface area contributed by atoms with Gasteiger partial charge >= 0.3 is 0 Å². The zero-order valence-electron chi connectivity index (χ0n) is 11.3. The number of hydrogen-bond donors (Lipinski definition) is 0. The molecule has 0 radical (unpaired) electrons. The first-order chi connectivity index (χ1) is 9.69. The monoisotopic (exact) mass is 290 g/mol. The van der Waals surface area contributed by atoms with Crippen LogP contribution in [-0.2, 0) is 4.57 Å². The fourth-order valence-corrected chi connectivity index (χ4v) is 3.14. The Morgan fingerprint density at radius 3 is 1.95 bits per heavy atom. The smallest absolute Gasteiger partial charge is 0.230 e. The molecule has 20 heavy (non-hydrogen) atoms. The zero-order valence-corrected chi connectivity index (χ0v) is 12.3. The lowest BCUT2D eigenvalue weighted by molar-refractivity contribution is 0.107. The summed E-state index contributed by atoms with van der Waals surface area (Å²) in [6, 6.07) is 13.7. The predicted octanol–water partition coefficient (Wildman–Crippen LogP) is 2.73. The molecule has 0 aliphatic heterocycles. The van der Waals surface area contributed by atoms with Gasteiger partial charge in [0, 0.05) is 5.30 Å². The van der Waals surface area contributed by atoms with Crippen LogP contribution >= 0.6 is 7.80 Å². The van der Waals surface area contributed by atoms with Crippen molar-refractivity contribution >= 4 is 18.6 Å². The van der Waals surface area contributed by atoms with Gasteiger partial charge in [-0.15, -0.1) is 0 Å². The van der Waals surface area contributed by atoms with Crippen LogP contribution in [0.15, 0.2) is 48.5 Å². The molecule has 5 heteroatoms. The largest absolute Gasteiger partial charge is 0.496 e. The summed E-state index contributed by atoms with van der Waals surface area (Å²) in [6.45, 7) is 0. The lowest BCUT2D eigenvalue weighted by atomic mass is 10.2.